The van der Waals surface area contributed by atoms with E-state index in [-0.39, 0.29) is 12.0 Å². The van der Waals surface area contributed by atoms with E-state index in [9.17, 15) is 4.79 Å². The van der Waals surface area contributed by atoms with Gasteiger partial charge in [-0.2, -0.15) is 0 Å². The van der Waals surface area contributed by atoms with Crippen LogP contribution in [0.5, 0.6) is 5.75 Å². The second kappa shape index (κ2) is 8.85. The summed E-state index contributed by atoms with van der Waals surface area (Å²) >= 11 is 1.71. The summed E-state index contributed by atoms with van der Waals surface area (Å²) in [5.41, 5.74) is 6.05. The molecule has 0 saturated carbocycles. The molecule has 0 radical (unpaired) electrons. The Hall–Kier alpha value is -2.65. The number of ether oxygens (including phenoxy) is 2. The van der Waals surface area contributed by atoms with Gasteiger partial charge in [0.2, 0.25) is 0 Å². The first-order valence-corrected chi connectivity index (χ1v) is 12.8. The number of aliphatic imine (C=N–C) groups is 1. The van der Waals surface area contributed by atoms with Gasteiger partial charge < -0.3 is 14.4 Å². The highest BCUT2D eigenvalue weighted by atomic mass is 32.1. The van der Waals surface area contributed by atoms with Crippen LogP contribution in [0, 0.1) is 0 Å². The Morgan fingerprint density at radius 2 is 2.15 bits per heavy atom. The van der Waals surface area contributed by atoms with E-state index in [0.717, 1.165) is 40.7 Å². The molecule has 34 heavy (non-hydrogen) atoms. The number of likely N-dealkylation sites (tertiary alicyclic amines) is 1. The molecule has 1 aromatic carbocycles. The lowest BCUT2D eigenvalue weighted by molar-refractivity contribution is 0.0292. The number of nitrogens with one attached hydrogen (secondary N) is 1. The fraction of sp³-hybridized carbons (Fsp3) is 0.560. The third kappa shape index (κ3) is 4.51. The first kappa shape index (κ1) is 23.1. The maximum atomic E-state index is 12.5. The minimum absolute atomic E-state index is 0.236. The Bertz CT molecular complexity index is 1120. The SMILES string of the molecule is CC(C)N1NCN=C1c1nc2c(s1)CCOc1cc(C3CCN(C(=O)OC(C)(C)C)C3)ccc1-2. The van der Waals surface area contributed by atoms with Gasteiger partial charge in [-0.15, -0.1) is 11.3 Å². The summed E-state index contributed by atoms with van der Waals surface area (Å²) in [6, 6.07) is 6.73. The Morgan fingerprint density at radius 3 is 2.91 bits per heavy atom. The van der Waals surface area contributed by atoms with Crippen molar-refractivity contribution >= 4 is 23.3 Å². The van der Waals surface area contributed by atoms with Gasteiger partial charge in [-0.3, -0.25) is 5.01 Å². The number of amidine groups is 1. The molecule has 0 spiro atoms. The first-order valence-electron chi connectivity index (χ1n) is 12.0. The average Bonchev–Trinajstić information content (AvgIpc) is 3.50. The molecular weight excluding hydrogens is 450 g/mol. The predicted octanol–water partition coefficient (Wildman–Crippen LogP) is 4.40. The number of thiazole rings is 1. The molecule has 1 atom stereocenters. The molecule has 0 aliphatic carbocycles. The molecular formula is C25H33N5O3S. The van der Waals surface area contributed by atoms with Crippen LogP contribution in [0.4, 0.5) is 4.79 Å². The minimum Gasteiger partial charge on any atom is -0.492 e. The summed E-state index contributed by atoms with van der Waals surface area (Å²) < 4.78 is 11.7. The molecule has 8 nitrogen and oxygen atoms in total. The fourth-order valence-corrected chi connectivity index (χ4v) is 5.71. The van der Waals surface area contributed by atoms with Crippen molar-refractivity contribution in [1.82, 2.24) is 20.3 Å². The molecule has 5 rings (SSSR count). The number of carbonyl (C=O) groups is 1. The Morgan fingerprint density at radius 1 is 1.32 bits per heavy atom. The molecule has 1 saturated heterocycles. The van der Waals surface area contributed by atoms with Gasteiger partial charge in [0.1, 0.15) is 18.0 Å². The monoisotopic (exact) mass is 483 g/mol. The maximum Gasteiger partial charge on any atom is 0.410 e. The van der Waals surface area contributed by atoms with Crippen molar-refractivity contribution in [2.24, 2.45) is 4.99 Å². The van der Waals surface area contributed by atoms with Gasteiger partial charge in [0.05, 0.1) is 12.3 Å². The van der Waals surface area contributed by atoms with E-state index in [2.05, 4.69) is 47.5 Å². The summed E-state index contributed by atoms with van der Waals surface area (Å²) in [6.45, 7) is 12.6. The van der Waals surface area contributed by atoms with Gasteiger partial charge in [-0.1, -0.05) is 6.07 Å². The normalized spacial score (nSPS) is 20.1. The number of hydrogen-bond acceptors (Lipinski definition) is 8. The van der Waals surface area contributed by atoms with Crippen molar-refractivity contribution in [1.29, 1.82) is 0 Å². The number of rotatable bonds is 3. The van der Waals surface area contributed by atoms with Crippen molar-refractivity contribution in [3.8, 4) is 17.0 Å². The van der Waals surface area contributed by atoms with Crippen LogP contribution in [0.15, 0.2) is 23.2 Å². The molecule has 1 unspecified atom stereocenters. The average molecular weight is 484 g/mol. The molecule has 1 fully saturated rings. The molecule has 3 aliphatic heterocycles. The van der Waals surface area contributed by atoms with Crippen molar-refractivity contribution < 1.29 is 14.3 Å². The topological polar surface area (TPSA) is 79.3 Å². The lowest BCUT2D eigenvalue weighted by Gasteiger charge is -2.24. The molecule has 9 heteroatoms. The Balaban J connectivity index is 1.37. The smallest absolute Gasteiger partial charge is 0.410 e. The van der Waals surface area contributed by atoms with Gasteiger partial charge >= 0.3 is 6.09 Å². The van der Waals surface area contributed by atoms with E-state index in [4.69, 9.17) is 14.5 Å². The highest BCUT2D eigenvalue weighted by Crippen LogP contribution is 2.40. The van der Waals surface area contributed by atoms with Gasteiger partial charge in [-0.05, 0) is 58.7 Å². The van der Waals surface area contributed by atoms with Gasteiger partial charge in [0.15, 0.2) is 10.8 Å². The number of amides is 1. The second-order valence-corrected chi connectivity index (χ2v) is 11.4. The number of hydrazine groups is 1. The van der Waals surface area contributed by atoms with Crippen LogP contribution in [0.25, 0.3) is 11.3 Å². The number of aromatic nitrogens is 1. The molecule has 182 valence electrons. The Kier molecular flexibility index (Phi) is 6.02. The third-order valence-electron chi connectivity index (χ3n) is 6.26. The summed E-state index contributed by atoms with van der Waals surface area (Å²) in [4.78, 5) is 25.2. The van der Waals surface area contributed by atoms with Crippen LogP contribution >= 0.6 is 11.3 Å². The summed E-state index contributed by atoms with van der Waals surface area (Å²) in [5, 5.41) is 3.04. The standard InChI is InChI=1S/C25H33N5O3S/c1-15(2)30-22(26-14-27-30)23-28-21-18-7-6-16(12-19(18)32-11-9-20(21)34-23)17-8-10-29(13-17)24(31)33-25(3,4)5/h6-7,12,15,17,27H,8-11,13-14H2,1-5H3. The van der Waals surface area contributed by atoms with Crippen LogP contribution in [0.1, 0.15) is 62.4 Å². The fourth-order valence-electron chi connectivity index (χ4n) is 4.65. The number of fused-ring (bicyclic) bond motifs is 3. The van der Waals surface area contributed by atoms with Crippen LogP contribution in [0.3, 0.4) is 0 Å². The van der Waals surface area contributed by atoms with Crippen LogP contribution in [0.2, 0.25) is 0 Å². The van der Waals surface area contributed by atoms with Gasteiger partial charge in [0.25, 0.3) is 0 Å². The quantitative estimate of drug-likeness (QED) is 0.697. The van der Waals surface area contributed by atoms with Crippen molar-refractivity contribution in [2.75, 3.05) is 26.4 Å². The number of benzene rings is 1. The predicted molar refractivity (Wildman–Crippen MR) is 133 cm³/mol. The zero-order chi connectivity index (χ0) is 24.0. The zero-order valence-corrected chi connectivity index (χ0v) is 21.4. The molecule has 2 aromatic rings. The van der Waals surface area contributed by atoms with E-state index in [0.29, 0.717) is 32.4 Å². The number of hydrogen-bond donors (Lipinski definition) is 1. The van der Waals surface area contributed by atoms with Gasteiger partial charge in [0, 0.05) is 41.9 Å². The largest absolute Gasteiger partial charge is 0.492 e. The second-order valence-electron chi connectivity index (χ2n) is 10.3. The zero-order valence-electron chi connectivity index (χ0n) is 20.6. The third-order valence-corrected chi connectivity index (χ3v) is 7.37. The Labute approximate surface area is 204 Å². The molecule has 4 heterocycles. The number of nitrogens with zero attached hydrogens (tertiary/aromatic N) is 4. The first-order chi connectivity index (χ1) is 16.2. The van der Waals surface area contributed by atoms with E-state index < -0.39 is 5.60 Å². The molecule has 1 aromatic heterocycles. The van der Waals surface area contributed by atoms with Crippen LogP contribution < -0.4 is 10.2 Å². The van der Waals surface area contributed by atoms with E-state index in [1.54, 1.807) is 11.3 Å². The summed E-state index contributed by atoms with van der Waals surface area (Å²) in [7, 11) is 0. The van der Waals surface area contributed by atoms with Crippen LogP contribution in [-0.4, -0.2) is 64.8 Å². The molecule has 3 aliphatic rings. The highest BCUT2D eigenvalue weighted by Gasteiger charge is 2.32. The minimum atomic E-state index is -0.483. The van der Waals surface area contributed by atoms with E-state index in [1.807, 2.05) is 25.7 Å². The molecule has 1 N–H and O–H groups in total. The highest BCUT2D eigenvalue weighted by molar-refractivity contribution is 7.14. The summed E-state index contributed by atoms with van der Waals surface area (Å²) in [5.74, 6) is 2.06. The van der Waals surface area contributed by atoms with Gasteiger partial charge in [-0.25, -0.2) is 20.2 Å². The van der Waals surface area contributed by atoms with Crippen molar-refractivity contribution in [3.05, 3.63) is 33.6 Å². The molecule has 1 amide bonds. The molecule has 0 bridgehead atoms. The summed E-state index contributed by atoms with van der Waals surface area (Å²) in [6.07, 6.45) is 1.51. The van der Waals surface area contributed by atoms with Crippen LogP contribution in [-0.2, 0) is 11.2 Å². The van der Waals surface area contributed by atoms with Crippen molar-refractivity contribution in [3.63, 3.8) is 0 Å². The van der Waals surface area contributed by atoms with E-state index in [1.165, 1.54) is 10.4 Å². The van der Waals surface area contributed by atoms with E-state index >= 15 is 0 Å². The van der Waals surface area contributed by atoms with Crippen molar-refractivity contribution in [2.45, 2.75) is 65.0 Å². The number of carbonyl (C=O) groups excluding carboxylic acids is 1. The lowest BCUT2D eigenvalue weighted by atomic mass is 9.96. The maximum absolute atomic E-state index is 12.5. The lowest BCUT2D eigenvalue weighted by Crippen LogP contribution is -2.42.